The van der Waals surface area contributed by atoms with Crippen molar-refractivity contribution in [2.75, 3.05) is 18.0 Å². The molecule has 2 N–H and O–H groups in total. The van der Waals surface area contributed by atoms with E-state index in [4.69, 9.17) is 14.4 Å². The molecule has 8 nitrogen and oxygen atoms in total. The number of rotatable bonds is 6. The Balaban J connectivity index is 1.59. The van der Waals surface area contributed by atoms with Crippen molar-refractivity contribution in [2.24, 2.45) is 0 Å². The molecule has 2 amide bonds. The van der Waals surface area contributed by atoms with Crippen LogP contribution in [0.5, 0.6) is 0 Å². The van der Waals surface area contributed by atoms with Crippen molar-refractivity contribution in [2.45, 2.75) is 19.6 Å². The highest BCUT2D eigenvalue weighted by Crippen LogP contribution is 2.34. The van der Waals surface area contributed by atoms with Gasteiger partial charge in [0.05, 0.1) is 24.3 Å². The third-order valence-corrected chi connectivity index (χ3v) is 5.04. The SMILES string of the molecule is CC(=O)NC[C@H]1CN(c2cc(F)c(-c3ccc(-c4cc(CO)on4)c(F)c3)c(F)c2)C(=O)O1. The number of aliphatic hydroxyl groups excluding tert-OH is 1. The highest BCUT2D eigenvalue weighted by molar-refractivity contribution is 5.90. The van der Waals surface area contributed by atoms with Gasteiger partial charge in [-0.25, -0.2) is 18.0 Å². The van der Waals surface area contributed by atoms with Crippen LogP contribution in [0.2, 0.25) is 0 Å². The molecule has 1 atom stereocenters. The van der Waals surface area contributed by atoms with Crippen molar-refractivity contribution in [1.82, 2.24) is 10.5 Å². The van der Waals surface area contributed by atoms with Gasteiger partial charge in [0, 0.05) is 18.6 Å². The van der Waals surface area contributed by atoms with E-state index in [-0.39, 0.29) is 47.3 Å². The number of carbonyl (C=O) groups excluding carboxylic acids is 2. The summed E-state index contributed by atoms with van der Waals surface area (Å²) in [6.45, 7) is 0.964. The van der Waals surface area contributed by atoms with Crippen LogP contribution in [0.3, 0.4) is 0 Å². The van der Waals surface area contributed by atoms with Crippen molar-refractivity contribution in [1.29, 1.82) is 0 Å². The molecular weight excluding hydrogens is 443 g/mol. The molecule has 0 radical (unpaired) electrons. The Bertz CT molecular complexity index is 1210. The summed E-state index contributed by atoms with van der Waals surface area (Å²) in [6.07, 6.45) is -1.47. The average Bonchev–Trinajstić information content (AvgIpc) is 3.38. The zero-order valence-electron chi connectivity index (χ0n) is 17.3. The van der Waals surface area contributed by atoms with Crippen molar-refractivity contribution in [3.63, 3.8) is 0 Å². The summed E-state index contributed by atoms with van der Waals surface area (Å²) in [4.78, 5) is 24.2. The second-order valence-corrected chi connectivity index (χ2v) is 7.37. The molecule has 0 spiro atoms. The van der Waals surface area contributed by atoms with Gasteiger partial charge in [-0.05, 0) is 29.8 Å². The number of hydrogen-bond donors (Lipinski definition) is 2. The van der Waals surface area contributed by atoms with E-state index in [2.05, 4.69) is 10.5 Å². The van der Waals surface area contributed by atoms with Gasteiger partial charge < -0.3 is 19.7 Å². The van der Waals surface area contributed by atoms with E-state index in [0.29, 0.717) is 0 Å². The summed E-state index contributed by atoms with van der Waals surface area (Å²) in [7, 11) is 0. The number of anilines is 1. The van der Waals surface area contributed by atoms with Gasteiger partial charge in [-0.3, -0.25) is 9.69 Å². The smallest absolute Gasteiger partial charge is 0.414 e. The first kappa shape index (κ1) is 22.3. The van der Waals surface area contributed by atoms with Crippen LogP contribution in [0.25, 0.3) is 22.4 Å². The van der Waals surface area contributed by atoms with Crippen LogP contribution in [-0.2, 0) is 16.1 Å². The van der Waals surface area contributed by atoms with Gasteiger partial charge >= 0.3 is 6.09 Å². The normalized spacial score (nSPS) is 15.6. The third kappa shape index (κ3) is 4.53. The number of nitrogens with zero attached hydrogens (tertiary/aromatic N) is 2. The van der Waals surface area contributed by atoms with Gasteiger partial charge in [0.1, 0.15) is 35.9 Å². The van der Waals surface area contributed by atoms with E-state index in [1.165, 1.54) is 25.1 Å². The molecule has 0 bridgehead atoms. The Morgan fingerprint density at radius 2 is 1.91 bits per heavy atom. The summed E-state index contributed by atoms with van der Waals surface area (Å²) in [5.74, 6) is -2.96. The number of benzene rings is 2. The lowest BCUT2D eigenvalue weighted by molar-refractivity contribution is -0.119. The van der Waals surface area contributed by atoms with E-state index in [1.807, 2.05) is 0 Å². The summed E-state index contributed by atoms with van der Waals surface area (Å²) in [5, 5.41) is 15.2. The monoisotopic (exact) mass is 461 g/mol. The summed E-state index contributed by atoms with van der Waals surface area (Å²) in [5.41, 5.74) is -0.440. The number of amides is 2. The van der Waals surface area contributed by atoms with Crippen LogP contribution in [0.15, 0.2) is 40.9 Å². The molecule has 4 rings (SSSR count). The molecule has 2 heterocycles. The molecule has 1 fully saturated rings. The van der Waals surface area contributed by atoms with Gasteiger partial charge in [-0.15, -0.1) is 0 Å². The fraction of sp³-hybridized carbons (Fsp3) is 0.227. The number of ether oxygens (including phenoxy) is 1. The quantitative estimate of drug-likeness (QED) is 0.583. The molecule has 1 aromatic heterocycles. The van der Waals surface area contributed by atoms with Crippen molar-refractivity contribution < 1.29 is 37.1 Å². The number of carbonyl (C=O) groups is 2. The largest absolute Gasteiger partial charge is 0.442 e. The molecule has 11 heteroatoms. The summed E-state index contributed by atoms with van der Waals surface area (Å²) in [6, 6.07) is 6.83. The molecule has 3 aromatic rings. The Morgan fingerprint density at radius 3 is 2.52 bits per heavy atom. The van der Waals surface area contributed by atoms with Gasteiger partial charge in [-0.1, -0.05) is 11.2 Å². The number of cyclic esters (lactones) is 1. The highest BCUT2D eigenvalue weighted by Gasteiger charge is 2.33. The van der Waals surface area contributed by atoms with Gasteiger partial charge in [0.15, 0.2) is 5.76 Å². The van der Waals surface area contributed by atoms with Crippen LogP contribution < -0.4 is 10.2 Å². The maximum Gasteiger partial charge on any atom is 0.414 e. The first-order valence-corrected chi connectivity index (χ1v) is 9.85. The Morgan fingerprint density at radius 1 is 1.18 bits per heavy atom. The minimum absolute atomic E-state index is 0.00576. The van der Waals surface area contributed by atoms with Crippen LogP contribution in [0, 0.1) is 17.5 Å². The molecule has 172 valence electrons. The van der Waals surface area contributed by atoms with Crippen LogP contribution in [0.1, 0.15) is 12.7 Å². The van der Waals surface area contributed by atoms with Crippen molar-refractivity contribution >= 4 is 17.7 Å². The average molecular weight is 461 g/mol. The lowest BCUT2D eigenvalue weighted by atomic mass is 10.0. The first-order valence-electron chi connectivity index (χ1n) is 9.85. The minimum Gasteiger partial charge on any atom is -0.442 e. The fourth-order valence-corrected chi connectivity index (χ4v) is 3.48. The zero-order valence-corrected chi connectivity index (χ0v) is 17.3. The lowest BCUT2D eigenvalue weighted by Crippen LogP contribution is -2.33. The van der Waals surface area contributed by atoms with Crippen molar-refractivity contribution in [3.8, 4) is 22.4 Å². The van der Waals surface area contributed by atoms with E-state index in [9.17, 15) is 22.8 Å². The Kier molecular flexibility index (Phi) is 6.05. The number of halogens is 3. The van der Waals surface area contributed by atoms with Crippen LogP contribution >= 0.6 is 0 Å². The highest BCUT2D eigenvalue weighted by atomic mass is 19.1. The number of hydrogen-bond acceptors (Lipinski definition) is 6. The van der Waals surface area contributed by atoms with Gasteiger partial charge in [-0.2, -0.15) is 0 Å². The molecule has 1 aliphatic rings. The van der Waals surface area contributed by atoms with E-state index < -0.39 is 41.8 Å². The molecule has 0 unspecified atom stereocenters. The zero-order chi connectivity index (χ0) is 23.7. The molecule has 0 aliphatic carbocycles. The maximum atomic E-state index is 14.9. The Labute approximate surface area is 185 Å². The van der Waals surface area contributed by atoms with Crippen molar-refractivity contribution in [3.05, 3.63) is 59.6 Å². The lowest BCUT2D eigenvalue weighted by Gasteiger charge is -2.15. The second kappa shape index (κ2) is 8.94. The summed E-state index contributed by atoms with van der Waals surface area (Å²) < 4.78 is 54.4. The number of aromatic nitrogens is 1. The van der Waals surface area contributed by atoms with Gasteiger partial charge in [0.2, 0.25) is 5.91 Å². The summed E-state index contributed by atoms with van der Waals surface area (Å²) >= 11 is 0. The molecular formula is C22H18F3N3O5. The van der Waals surface area contributed by atoms with E-state index >= 15 is 0 Å². The van der Waals surface area contributed by atoms with Crippen LogP contribution in [-0.4, -0.2) is 41.5 Å². The predicted octanol–water partition coefficient (Wildman–Crippen LogP) is 3.38. The molecule has 1 aliphatic heterocycles. The van der Waals surface area contributed by atoms with Crippen LogP contribution in [0.4, 0.5) is 23.7 Å². The minimum atomic E-state index is -1.00. The number of aliphatic hydroxyl groups is 1. The maximum absolute atomic E-state index is 14.9. The third-order valence-electron chi connectivity index (χ3n) is 5.04. The predicted molar refractivity (Wildman–Crippen MR) is 109 cm³/mol. The number of nitrogens with one attached hydrogen (secondary N) is 1. The molecule has 33 heavy (non-hydrogen) atoms. The van der Waals surface area contributed by atoms with E-state index in [1.54, 1.807) is 0 Å². The Hall–Kier alpha value is -3.86. The van der Waals surface area contributed by atoms with E-state index in [0.717, 1.165) is 23.1 Å². The fourth-order valence-electron chi connectivity index (χ4n) is 3.48. The second-order valence-electron chi connectivity index (χ2n) is 7.37. The molecule has 1 saturated heterocycles. The molecule has 0 saturated carbocycles. The first-order chi connectivity index (χ1) is 15.8. The molecule has 2 aromatic carbocycles. The van der Waals surface area contributed by atoms with Gasteiger partial charge in [0.25, 0.3) is 0 Å². The standard InChI is InChI=1S/C22H18F3N3O5/c1-11(30)26-8-15-9-28(22(31)32-15)13-5-18(24)21(19(25)6-13)12-2-3-16(17(23)4-12)20-7-14(10-29)33-27-20/h2-7,15,29H,8-10H2,1H3,(H,26,30)/t15-/m0/s1. The topological polar surface area (TPSA) is 105 Å².